The van der Waals surface area contributed by atoms with E-state index in [0.29, 0.717) is 24.6 Å². The topological polar surface area (TPSA) is 68.0 Å². The third-order valence-electron chi connectivity index (χ3n) is 3.20. The Hall–Kier alpha value is -2.17. The van der Waals surface area contributed by atoms with Crippen molar-refractivity contribution >= 4 is 5.91 Å². The van der Waals surface area contributed by atoms with E-state index in [0.717, 1.165) is 18.4 Å². The van der Waals surface area contributed by atoms with Crippen molar-refractivity contribution in [3.05, 3.63) is 36.2 Å². The molecular formula is C16H21N3O2. The second-order valence-electron chi connectivity index (χ2n) is 5.13. The highest BCUT2D eigenvalue weighted by Gasteiger charge is 2.11. The summed E-state index contributed by atoms with van der Waals surface area (Å²) in [5.41, 5.74) is 0.911. The Labute approximate surface area is 124 Å². The van der Waals surface area contributed by atoms with Crippen LogP contribution in [0, 0.1) is 0 Å². The van der Waals surface area contributed by atoms with Crippen LogP contribution in [0.3, 0.4) is 0 Å². The minimum absolute atomic E-state index is 0.0235. The van der Waals surface area contributed by atoms with Crippen molar-refractivity contribution in [1.29, 1.82) is 0 Å². The van der Waals surface area contributed by atoms with E-state index in [1.54, 1.807) is 0 Å². The second kappa shape index (κ2) is 7.57. The summed E-state index contributed by atoms with van der Waals surface area (Å²) in [6.45, 7) is 4.12. The summed E-state index contributed by atoms with van der Waals surface area (Å²) in [7, 11) is 0. The van der Waals surface area contributed by atoms with Crippen molar-refractivity contribution in [3.63, 3.8) is 0 Å². The number of carbonyl (C=O) groups excluding carboxylic acids is 1. The summed E-state index contributed by atoms with van der Waals surface area (Å²) in [4.78, 5) is 16.1. The molecule has 0 aliphatic rings. The van der Waals surface area contributed by atoms with Crippen LogP contribution >= 0.6 is 0 Å². The first-order valence-electron chi connectivity index (χ1n) is 7.36. The molecule has 0 saturated heterocycles. The number of amides is 1. The van der Waals surface area contributed by atoms with Gasteiger partial charge in [-0.1, -0.05) is 48.8 Å². The molecule has 0 radical (unpaired) electrons. The average Bonchev–Trinajstić information content (AvgIpc) is 2.95. The van der Waals surface area contributed by atoms with Crippen molar-refractivity contribution < 1.29 is 9.32 Å². The normalized spacial score (nSPS) is 12.1. The predicted octanol–water partition coefficient (Wildman–Crippen LogP) is 2.97. The molecule has 1 amide bonds. The fourth-order valence-corrected chi connectivity index (χ4v) is 2.13. The van der Waals surface area contributed by atoms with Crippen molar-refractivity contribution in [2.24, 2.45) is 0 Å². The molecule has 0 aliphatic carbocycles. The van der Waals surface area contributed by atoms with E-state index in [-0.39, 0.29) is 11.9 Å². The van der Waals surface area contributed by atoms with Crippen LogP contribution < -0.4 is 5.32 Å². The lowest BCUT2D eigenvalue weighted by molar-refractivity contribution is -0.121. The van der Waals surface area contributed by atoms with Crippen LogP contribution in [-0.4, -0.2) is 22.1 Å². The van der Waals surface area contributed by atoms with Gasteiger partial charge in [-0.25, -0.2) is 0 Å². The largest absolute Gasteiger partial charge is 0.354 e. The number of rotatable bonds is 7. The summed E-state index contributed by atoms with van der Waals surface area (Å²) in [5.74, 6) is 1.08. The molecule has 0 bridgehead atoms. The third kappa shape index (κ3) is 4.70. The Bertz CT molecular complexity index is 566. The summed E-state index contributed by atoms with van der Waals surface area (Å²) < 4.78 is 5.18. The van der Waals surface area contributed by atoms with E-state index >= 15 is 0 Å². The molecule has 0 spiro atoms. The smallest absolute Gasteiger partial charge is 0.227 e. The Balaban J connectivity index is 1.84. The van der Waals surface area contributed by atoms with Crippen LogP contribution in [0.2, 0.25) is 0 Å². The fraction of sp³-hybridized carbons (Fsp3) is 0.438. The van der Waals surface area contributed by atoms with E-state index in [9.17, 15) is 4.79 Å². The number of carbonyl (C=O) groups is 1. The van der Waals surface area contributed by atoms with E-state index < -0.39 is 0 Å². The SMILES string of the molecule is CCC[C@H](C)NC(=O)CCc1nc(-c2ccccc2)no1. The van der Waals surface area contributed by atoms with E-state index in [4.69, 9.17) is 4.52 Å². The standard InChI is InChI=1S/C16H21N3O2/c1-3-7-12(2)17-14(20)10-11-15-18-16(19-21-15)13-8-5-4-6-9-13/h4-6,8-9,12H,3,7,10-11H2,1-2H3,(H,17,20)/t12-/m0/s1. The van der Waals surface area contributed by atoms with Gasteiger partial charge in [-0.05, 0) is 13.3 Å². The highest BCUT2D eigenvalue weighted by atomic mass is 16.5. The minimum Gasteiger partial charge on any atom is -0.354 e. The van der Waals surface area contributed by atoms with Gasteiger partial charge in [-0.15, -0.1) is 0 Å². The molecule has 0 aliphatic heterocycles. The van der Waals surface area contributed by atoms with Crippen molar-refractivity contribution in [1.82, 2.24) is 15.5 Å². The first-order chi connectivity index (χ1) is 10.2. The molecule has 5 nitrogen and oxygen atoms in total. The van der Waals surface area contributed by atoms with Crippen LogP contribution in [0.15, 0.2) is 34.9 Å². The molecule has 2 rings (SSSR count). The zero-order valence-corrected chi connectivity index (χ0v) is 12.5. The molecule has 0 saturated carbocycles. The van der Waals surface area contributed by atoms with Crippen LogP contribution in [0.1, 0.15) is 39.0 Å². The van der Waals surface area contributed by atoms with Crippen LogP contribution in [0.25, 0.3) is 11.4 Å². The minimum atomic E-state index is 0.0235. The fourth-order valence-electron chi connectivity index (χ4n) is 2.13. The van der Waals surface area contributed by atoms with Gasteiger partial charge in [0, 0.05) is 24.4 Å². The van der Waals surface area contributed by atoms with Crippen molar-refractivity contribution in [2.75, 3.05) is 0 Å². The van der Waals surface area contributed by atoms with Crippen molar-refractivity contribution in [2.45, 2.75) is 45.6 Å². The molecule has 1 N–H and O–H groups in total. The molecule has 5 heteroatoms. The molecule has 0 fully saturated rings. The maximum Gasteiger partial charge on any atom is 0.227 e. The molecule has 1 atom stereocenters. The first-order valence-corrected chi connectivity index (χ1v) is 7.36. The molecule has 112 valence electrons. The second-order valence-corrected chi connectivity index (χ2v) is 5.13. The molecule has 1 heterocycles. The highest BCUT2D eigenvalue weighted by molar-refractivity contribution is 5.76. The summed E-state index contributed by atoms with van der Waals surface area (Å²) >= 11 is 0. The molecule has 21 heavy (non-hydrogen) atoms. The maximum atomic E-state index is 11.8. The summed E-state index contributed by atoms with van der Waals surface area (Å²) in [6.07, 6.45) is 2.88. The quantitative estimate of drug-likeness (QED) is 0.850. The number of benzene rings is 1. The number of nitrogens with zero attached hydrogens (tertiary/aromatic N) is 2. The highest BCUT2D eigenvalue weighted by Crippen LogP contribution is 2.15. The van der Waals surface area contributed by atoms with Gasteiger partial charge in [0.25, 0.3) is 0 Å². The zero-order chi connectivity index (χ0) is 15.1. The van der Waals surface area contributed by atoms with Gasteiger partial charge in [0.05, 0.1) is 0 Å². The molecule has 1 aromatic heterocycles. The number of aryl methyl sites for hydroxylation is 1. The van der Waals surface area contributed by atoms with Crippen LogP contribution in [0.4, 0.5) is 0 Å². The van der Waals surface area contributed by atoms with Crippen LogP contribution in [-0.2, 0) is 11.2 Å². The monoisotopic (exact) mass is 287 g/mol. The van der Waals surface area contributed by atoms with Crippen LogP contribution in [0.5, 0.6) is 0 Å². The summed E-state index contributed by atoms with van der Waals surface area (Å²) in [6, 6.07) is 9.85. The van der Waals surface area contributed by atoms with E-state index in [1.165, 1.54) is 0 Å². The molecule has 1 aromatic carbocycles. The lowest BCUT2D eigenvalue weighted by atomic mass is 10.2. The Kier molecular flexibility index (Phi) is 5.49. The number of aromatic nitrogens is 2. The zero-order valence-electron chi connectivity index (χ0n) is 12.5. The third-order valence-corrected chi connectivity index (χ3v) is 3.20. The Morgan fingerprint density at radius 3 is 2.81 bits per heavy atom. The van der Waals surface area contributed by atoms with Gasteiger partial charge in [0.2, 0.25) is 17.6 Å². The van der Waals surface area contributed by atoms with Gasteiger partial charge in [-0.3, -0.25) is 4.79 Å². The first kappa shape index (κ1) is 15.2. The molecule has 0 unspecified atom stereocenters. The lowest BCUT2D eigenvalue weighted by Gasteiger charge is -2.11. The van der Waals surface area contributed by atoms with E-state index in [1.807, 2.05) is 37.3 Å². The van der Waals surface area contributed by atoms with Gasteiger partial charge in [0.1, 0.15) is 0 Å². The molecule has 2 aromatic rings. The average molecular weight is 287 g/mol. The summed E-state index contributed by atoms with van der Waals surface area (Å²) in [5, 5.41) is 6.90. The van der Waals surface area contributed by atoms with Gasteiger partial charge in [-0.2, -0.15) is 4.98 Å². The Morgan fingerprint density at radius 2 is 2.10 bits per heavy atom. The lowest BCUT2D eigenvalue weighted by Crippen LogP contribution is -2.32. The Morgan fingerprint density at radius 1 is 1.33 bits per heavy atom. The molecular weight excluding hydrogens is 266 g/mol. The number of hydrogen-bond donors (Lipinski definition) is 1. The number of nitrogens with one attached hydrogen (secondary N) is 1. The van der Waals surface area contributed by atoms with E-state index in [2.05, 4.69) is 22.4 Å². The van der Waals surface area contributed by atoms with Gasteiger partial charge in [0.15, 0.2) is 0 Å². The van der Waals surface area contributed by atoms with Crippen molar-refractivity contribution in [3.8, 4) is 11.4 Å². The van der Waals surface area contributed by atoms with Gasteiger partial charge < -0.3 is 9.84 Å². The number of hydrogen-bond acceptors (Lipinski definition) is 4. The van der Waals surface area contributed by atoms with Gasteiger partial charge >= 0.3 is 0 Å². The maximum absolute atomic E-state index is 11.8. The predicted molar refractivity (Wildman–Crippen MR) is 80.6 cm³/mol.